The molecule has 0 spiro atoms. The summed E-state index contributed by atoms with van der Waals surface area (Å²) in [6.07, 6.45) is 3.55. The van der Waals surface area contributed by atoms with Crippen LogP contribution in [0.1, 0.15) is 41.7 Å². The number of likely N-dealkylation sites (tertiary alicyclic amines) is 1. The van der Waals surface area contributed by atoms with Gasteiger partial charge in [-0.2, -0.15) is 4.39 Å². The first kappa shape index (κ1) is 22.1. The topological polar surface area (TPSA) is 95.1 Å². The van der Waals surface area contributed by atoms with Gasteiger partial charge >= 0.3 is 0 Å². The maximum atomic E-state index is 14.3. The molecule has 6 rings (SSSR count). The molecule has 4 aromatic rings. The van der Waals surface area contributed by atoms with Crippen LogP contribution in [0.5, 0.6) is 0 Å². The van der Waals surface area contributed by atoms with E-state index in [4.69, 9.17) is 4.98 Å². The number of rotatable bonds is 4. The number of aromatic nitrogens is 3. The second kappa shape index (κ2) is 9.01. The number of benzene rings is 1. The number of nitrogens with zero attached hydrogens (tertiary/aromatic N) is 4. The van der Waals surface area contributed by atoms with Gasteiger partial charge in [0.25, 0.3) is 5.91 Å². The van der Waals surface area contributed by atoms with Crippen molar-refractivity contribution < 1.29 is 9.18 Å². The van der Waals surface area contributed by atoms with Crippen LogP contribution in [-0.4, -0.2) is 51.4 Å². The van der Waals surface area contributed by atoms with Gasteiger partial charge < -0.3 is 16.0 Å². The number of carbonyl (C=O) groups excluding carboxylic acids is 1. The van der Waals surface area contributed by atoms with Crippen molar-refractivity contribution in [1.82, 2.24) is 25.2 Å². The zero-order valence-corrected chi connectivity index (χ0v) is 20.2. The Balaban J connectivity index is 1.31. The maximum Gasteiger partial charge on any atom is 0.263 e. The Hall–Kier alpha value is -3.37. The molecule has 1 fully saturated rings. The molecular weight excluding hydrogens is 465 g/mol. The smallest absolute Gasteiger partial charge is 0.263 e. The second-order valence-corrected chi connectivity index (χ2v) is 10.3. The Kier molecular flexibility index (Phi) is 5.69. The third-order valence-electron chi connectivity index (χ3n) is 6.50. The summed E-state index contributed by atoms with van der Waals surface area (Å²) < 4.78 is 15.3. The fraction of sp³-hybridized carbons (Fsp3) is 0.360. The summed E-state index contributed by atoms with van der Waals surface area (Å²) in [5.41, 5.74) is 1.64. The molecule has 0 bridgehead atoms. The van der Waals surface area contributed by atoms with Gasteiger partial charge in [0.05, 0.1) is 17.7 Å². The summed E-state index contributed by atoms with van der Waals surface area (Å²) in [5.74, 6) is 0.811. The summed E-state index contributed by atoms with van der Waals surface area (Å²) >= 11 is 1.48. The fourth-order valence-corrected chi connectivity index (χ4v) is 5.94. The number of pyridine rings is 1. The summed E-state index contributed by atoms with van der Waals surface area (Å²) in [5, 5.41) is 11.6. The standard InChI is InChI=1S/C25H26FN7OS/c1-14-12-27-23-22-15-5-8-19(29-16(15)6-7-17(22)35-24(23)25(34)28-14)31-20-11-18(26)30-21(32-20)13-33-9-3-2-4-10-33/h5-8,11,14,27H,2-4,9-10,12-13H2,1H3,(H,28,34)(H,29,30,31,32)/t14-/m1/s1. The number of halogens is 1. The van der Waals surface area contributed by atoms with E-state index in [0.29, 0.717) is 35.4 Å². The monoisotopic (exact) mass is 491 g/mol. The molecule has 0 aliphatic carbocycles. The first-order chi connectivity index (χ1) is 17.0. The minimum Gasteiger partial charge on any atom is -0.381 e. The Bertz CT molecular complexity index is 1430. The molecular formula is C25H26FN7OS. The lowest BCUT2D eigenvalue weighted by atomic mass is 10.1. The van der Waals surface area contributed by atoms with E-state index in [2.05, 4.69) is 30.8 Å². The summed E-state index contributed by atoms with van der Waals surface area (Å²) in [7, 11) is 0. The van der Waals surface area contributed by atoms with Gasteiger partial charge in [-0.3, -0.25) is 9.69 Å². The first-order valence-corrected chi connectivity index (χ1v) is 12.8. The number of nitrogens with one attached hydrogen (secondary N) is 3. The highest BCUT2D eigenvalue weighted by atomic mass is 32.1. The highest BCUT2D eigenvalue weighted by Gasteiger charge is 2.24. The molecule has 0 radical (unpaired) electrons. The lowest BCUT2D eigenvalue weighted by molar-refractivity contribution is 0.0949. The molecule has 0 saturated carbocycles. The summed E-state index contributed by atoms with van der Waals surface area (Å²) in [4.78, 5) is 28.9. The Labute approximate surface area is 206 Å². The van der Waals surface area contributed by atoms with Crippen molar-refractivity contribution in [2.75, 3.05) is 30.3 Å². The van der Waals surface area contributed by atoms with Gasteiger partial charge in [0.2, 0.25) is 5.95 Å². The zero-order valence-electron chi connectivity index (χ0n) is 19.4. The normalized spacial score (nSPS) is 18.7. The number of carbonyl (C=O) groups is 1. The van der Waals surface area contributed by atoms with Gasteiger partial charge in [0.15, 0.2) is 0 Å². The van der Waals surface area contributed by atoms with Gasteiger partial charge in [0.1, 0.15) is 22.3 Å². The van der Waals surface area contributed by atoms with Crippen LogP contribution >= 0.6 is 11.3 Å². The lowest BCUT2D eigenvalue weighted by Crippen LogP contribution is -2.34. The highest BCUT2D eigenvalue weighted by molar-refractivity contribution is 7.21. The van der Waals surface area contributed by atoms with E-state index in [1.54, 1.807) is 0 Å². The minimum atomic E-state index is -0.559. The van der Waals surface area contributed by atoms with Crippen molar-refractivity contribution in [2.45, 2.75) is 38.8 Å². The molecule has 3 aromatic heterocycles. The average Bonchev–Trinajstić information content (AvgIpc) is 3.15. The average molecular weight is 492 g/mol. The van der Waals surface area contributed by atoms with E-state index in [1.807, 2.05) is 31.2 Å². The summed E-state index contributed by atoms with van der Waals surface area (Å²) in [6, 6.07) is 9.12. The van der Waals surface area contributed by atoms with Crippen LogP contribution in [-0.2, 0) is 6.54 Å². The van der Waals surface area contributed by atoms with Crippen LogP contribution in [0.2, 0.25) is 0 Å². The quantitative estimate of drug-likeness (QED) is 0.358. The summed E-state index contributed by atoms with van der Waals surface area (Å²) in [6.45, 7) is 5.16. The third kappa shape index (κ3) is 4.39. The first-order valence-electron chi connectivity index (χ1n) is 12.0. The van der Waals surface area contributed by atoms with Crippen LogP contribution < -0.4 is 16.0 Å². The molecule has 3 N–H and O–H groups in total. The van der Waals surface area contributed by atoms with Gasteiger partial charge in [-0.25, -0.2) is 15.0 Å². The number of anilines is 3. The van der Waals surface area contributed by atoms with Gasteiger partial charge in [-0.1, -0.05) is 6.42 Å². The van der Waals surface area contributed by atoms with Gasteiger partial charge in [-0.15, -0.1) is 11.3 Å². The van der Waals surface area contributed by atoms with E-state index in [9.17, 15) is 9.18 Å². The van der Waals surface area contributed by atoms with Crippen LogP contribution in [0.15, 0.2) is 30.3 Å². The molecule has 1 atom stereocenters. The molecule has 1 amide bonds. The SMILES string of the molecule is C[C@@H]1CNc2c(sc3ccc4nc(Nc5cc(F)nc(CN6CCCCC6)n5)ccc4c23)C(=O)N1. The van der Waals surface area contributed by atoms with E-state index in [0.717, 1.165) is 52.6 Å². The minimum absolute atomic E-state index is 0.0501. The lowest BCUT2D eigenvalue weighted by Gasteiger charge is -2.25. The fourth-order valence-electron chi connectivity index (χ4n) is 4.84. The third-order valence-corrected chi connectivity index (χ3v) is 7.66. The second-order valence-electron chi connectivity index (χ2n) is 9.22. The predicted octanol–water partition coefficient (Wildman–Crippen LogP) is 4.65. The number of amides is 1. The van der Waals surface area contributed by atoms with Crippen molar-refractivity contribution in [3.05, 3.63) is 47.0 Å². The molecule has 2 aliphatic heterocycles. The van der Waals surface area contributed by atoms with Crippen molar-refractivity contribution >= 4 is 55.6 Å². The van der Waals surface area contributed by atoms with Crippen molar-refractivity contribution in [3.63, 3.8) is 0 Å². The van der Waals surface area contributed by atoms with E-state index >= 15 is 0 Å². The van der Waals surface area contributed by atoms with Crippen LogP contribution in [0.25, 0.3) is 21.0 Å². The molecule has 5 heterocycles. The van der Waals surface area contributed by atoms with Crippen LogP contribution in [0.3, 0.4) is 0 Å². The number of piperidine rings is 1. The van der Waals surface area contributed by atoms with Crippen molar-refractivity contribution in [1.29, 1.82) is 0 Å². The molecule has 1 aromatic carbocycles. The van der Waals surface area contributed by atoms with Gasteiger partial charge in [-0.05, 0) is 57.1 Å². The van der Waals surface area contributed by atoms with Gasteiger partial charge in [0, 0.05) is 34.1 Å². The molecule has 1 saturated heterocycles. The molecule has 2 aliphatic rings. The maximum absolute atomic E-state index is 14.3. The molecule has 35 heavy (non-hydrogen) atoms. The van der Waals surface area contributed by atoms with Crippen LogP contribution in [0, 0.1) is 5.95 Å². The van der Waals surface area contributed by atoms with E-state index in [-0.39, 0.29) is 11.9 Å². The molecule has 0 unspecified atom stereocenters. The molecule has 180 valence electrons. The number of thiophene rings is 1. The predicted molar refractivity (Wildman–Crippen MR) is 137 cm³/mol. The van der Waals surface area contributed by atoms with Crippen molar-refractivity contribution in [2.24, 2.45) is 0 Å². The van der Waals surface area contributed by atoms with Crippen LogP contribution in [0.4, 0.5) is 21.7 Å². The highest BCUT2D eigenvalue weighted by Crippen LogP contribution is 2.41. The Morgan fingerprint density at radius 1 is 1.11 bits per heavy atom. The number of hydrogen-bond donors (Lipinski definition) is 3. The Morgan fingerprint density at radius 3 is 2.83 bits per heavy atom. The van der Waals surface area contributed by atoms with E-state index < -0.39 is 5.95 Å². The largest absolute Gasteiger partial charge is 0.381 e. The zero-order chi connectivity index (χ0) is 23.9. The molecule has 8 nitrogen and oxygen atoms in total. The number of hydrogen-bond acceptors (Lipinski definition) is 8. The van der Waals surface area contributed by atoms with Crippen molar-refractivity contribution in [3.8, 4) is 0 Å². The number of fused-ring (bicyclic) bond motifs is 5. The molecule has 10 heteroatoms. The Morgan fingerprint density at radius 2 is 1.97 bits per heavy atom. The van der Waals surface area contributed by atoms with E-state index in [1.165, 1.54) is 23.8 Å².